The van der Waals surface area contributed by atoms with Crippen molar-refractivity contribution in [1.29, 1.82) is 0 Å². The molecule has 0 radical (unpaired) electrons. The Morgan fingerprint density at radius 1 is 1.38 bits per heavy atom. The number of esters is 1. The number of carbonyl (C=O) groups excluding carboxylic acids is 2. The van der Waals surface area contributed by atoms with E-state index in [0.29, 0.717) is 17.2 Å². The van der Waals surface area contributed by atoms with Crippen LogP contribution < -0.4 is 10.1 Å². The smallest absolute Gasteiger partial charge is 0.328 e. The molecule has 1 rings (SSSR count). The molecule has 1 N–H and O–H groups in total. The minimum Gasteiger partial charge on any atom is -0.496 e. The highest BCUT2D eigenvalue weighted by atomic mass is 35.5. The lowest BCUT2D eigenvalue weighted by molar-refractivity contribution is -0.142. The first-order chi connectivity index (χ1) is 10.0. The van der Waals surface area contributed by atoms with Crippen LogP contribution in [-0.2, 0) is 9.53 Å². The third-order valence-corrected chi connectivity index (χ3v) is 3.69. The van der Waals surface area contributed by atoms with Crippen molar-refractivity contribution in [1.82, 2.24) is 5.32 Å². The van der Waals surface area contributed by atoms with E-state index in [9.17, 15) is 9.59 Å². The van der Waals surface area contributed by atoms with E-state index >= 15 is 0 Å². The number of hydrogen-bond donors (Lipinski definition) is 1. The summed E-state index contributed by atoms with van der Waals surface area (Å²) in [4.78, 5) is 24.0. The van der Waals surface area contributed by atoms with Crippen molar-refractivity contribution in [3.8, 4) is 5.75 Å². The average molecular weight is 332 g/mol. The third-order valence-electron chi connectivity index (χ3n) is 2.81. The molecule has 5 nitrogen and oxygen atoms in total. The first-order valence-electron chi connectivity index (χ1n) is 6.24. The summed E-state index contributed by atoms with van der Waals surface area (Å²) in [7, 11) is 2.76. The summed E-state index contributed by atoms with van der Waals surface area (Å²) >= 11 is 7.48. The number of methoxy groups -OCH3 is 2. The number of nitrogens with one attached hydrogen (secondary N) is 1. The molecular weight excluding hydrogens is 314 g/mol. The molecule has 0 fully saturated rings. The van der Waals surface area contributed by atoms with Crippen LogP contribution >= 0.6 is 23.4 Å². The van der Waals surface area contributed by atoms with E-state index in [1.807, 2.05) is 6.26 Å². The third kappa shape index (κ3) is 5.13. The summed E-state index contributed by atoms with van der Waals surface area (Å²) in [6, 6.07) is 4.03. The zero-order valence-corrected chi connectivity index (χ0v) is 13.7. The van der Waals surface area contributed by atoms with E-state index in [-0.39, 0.29) is 5.56 Å². The van der Waals surface area contributed by atoms with Gasteiger partial charge in [0.05, 0.1) is 19.8 Å². The van der Waals surface area contributed by atoms with Gasteiger partial charge in [-0.25, -0.2) is 4.79 Å². The average Bonchev–Trinajstić information content (AvgIpc) is 2.50. The standard InChI is InChI=1S/C14H18ClNO4S/c1-19-12-5-4-9(15)8-10(12)13(17)16-11(6-7-21-3)14(18)20-2/h4-5,8,11H,6-7H2,1-3H3,(H,16,17)/t11-/m0/s1. The zero-order valence-electron chi connectivity index (χ0n) is 12.1. The second-order valence-electron chi connectivity index (χ2n) is 4.18. The van der Waals surface area contributed by atoms with Crippen LogP contribution in [-0.4, -0.2) is 44.1 Å². The van der Waals surface area contributed by atoms with Crippen LogP contribution in [0.4, 0.5) is 0 Å². The monoisotopic (exact) mass is 331 g/mol. The number of amides is 1. The van der Waals surface area contributed by atoms with Gasteiger partial charge in [0.1, 0.15) is 11.8 Å². The molecular formula is C14H18ClNO4S. The van der Waals surface area contributed by atoms with Crippen LogP contribution in [0.25, 0.3) is 0 Å². The van der Waals surface area contributed by atoms with Crippen molar-refractivity contribution < 1.29 is 19.1 Å². The first-order valence-corrected chi connectivity index (χ1v) is 8.01. The lowest BCUT2D eigenvalue weighted by atomic mass is 10.1. The van der Waals surface area contributed by atoms with Gasteiger partial charge in [0.25, 0.3) is 5.91 Å². The molecule has 1 amide bonds. The number of rotatable bonds is 7. The Hall–Kier alpha value is -1.40. The van der Waals surface area contributed by atoms with Gasteiger partial charge in [0.2, 0.25) is 0 Å². The Morgan fingerprint density at radius 2 is 2.10 bits per heavy atom. The highest BCUT2D eigenvalue weighted by Gasteiger charge is 2.23. The Bertz CT molecular complexity index is 510. The molecule has 0 bridgehead atoms. The highest BCUT2D eigenvalue weighted by Crippen LogP contribution is 2.22. The van der Waals surface area contributed by atoms with Gasteiger partial charge >= 0.3 is 5.97 Å². The Labute approximate surface area is 133 Å². The van der Waals surface area contributed by atoms with Gasteiger partial charge in [-0.1, -0.05) is 11.6 Å². The molecule has 0 aliphatic rings. The van der Waals surface area contributed by atoms with Gasteiger partial charge in [0, 0.05) is 5.02 Å². The van der Waals surface area contributed by atoms with Crippen LogP contribution in [0.5, 0.6) is 5.75 Å². The van der Waals surface area contributed by atoms with Crippen molar-refractivity contribution in [2.45, 2.75) is 12.5 Å². The van der Waals surface area contributed by atoms with E-state index in [1.54, 1.807) is 23.9 Å². The number of carbonyl (C=O) groups is 2. The molecule has 0 heterocycles. The fourth-order valence-corrected chi connectivity index (χ4v) is 2.36. The van der Waals surface area contributed by atoms with Gasteiger partial charge in [-0.05, 0) is 36.6 Å². The highest BCUT2D eigenvalue weighted by molar-refractivity contribution is 7.98. The molecule has 0 aromatic heterocycles. The molecule has 21 heavy (non-hydrogen) atoms. The summed E-state index contributed by atoms with van der Waals surface area (Å²) in [5.74, 6) is 0.224. The van der Waals surface area contributed by atoms with Gasteiger partial charge < -0.3 is 14.8 Å². The summed E-state index contributed by atoms with van der Waals surface area (Å²) in [5, 5.41) is 3.07. The van der Waals surface area contributed by atoms with Gasteiger partial charge in [-0.3, -0.25) is 4.79 Å². The molecule has 0 unspecified atom stereocenters. The first kappa shape index (κ1) is 17.7. The van der Waals surface area contributed by atoms with E-state index in [2.05, 4.69) is 5.32 Å². The minimum absolute atomic E-state index is 0.281. The second-order valence-corrected chi connectivity index (χ2v) is 5.60. The minimum atomic E-state index is -0.696. The molecule has 1 atom stereocenters. The largest absolute Gasteiger partial charge is 0.496 e. The molecule has 0 spiro atoms. The normalized spacial score (nSPS) is 11.6. The van der Waals surface area contributed by atoms with E-state index in [0.717, 1.165) is 5.75 Å². The molecule has 7 heteroatoms. The van der Waals surface area contributed by atoms with Crippen LogP contribution in [0.15, 0.2) is 18.2 Å². The second kappa shape index (κ2) is 8.79. The molecule has 1 aromatic carbocycles. The maximum Gasteiger partial charge on any atom is 0.328 e. The van der Waals surface area contributed by atoms with Crippen molar-refractivity contribution in [2.75, 3.05) is 26.2 Å². The molecule has 1 aromatic rings. The SMILES string of the molecule is COC(=O)[C@H](CCSC)NC(=O)c1cc(Cl)ccc1OC. The fraction of sp³-hybridized carbons (Fsp3) is 0.429. The van der Waals surface area contributed by atoms with Gasteiger partial charge in [-0.2, -0.15) is 11.8 Å². The number of thioether (sulfide) groups is 1. The molecule has 0 aliphatic heterocycles. The van der Waals surface area contributed by atoms with Crippen LogP contribution in [0.3, 0.4) is 0 Å². The zero-order chi connectivity index (χ0) is 15.8. The van der Waals surface area contributed by atoms with Crippen molar-refractivity contribution >= 4 is 35.2 Å². The summed E-state index contributed by atoms with van der Waals surface area (Å²) in [5.41, 5.74) is 0.281. The fourth-order valence-electron chi connectivity index (χ4n) is 1.72. The molecule has 116 valence electrons. The Morgan fingerprint density at radius 3 is 2.67 bits per heavy atom. The van der Waals surface area contributed by atoms with Crippen LogP contribution in [0.2, 0.25) is 5.02 Å². The quantitative estimate of drug-likeness (QED) is 0.777. The van der Waals surface area contributed by atoms with E-state index < -0.39 is 17.9 Å². The summed E-state index contributed by atoms with van der Waals surface area (Å²) < 4.78 is 9.84. The molecule has 0 saturated heterocycles. The van der Waals surface area contributed by atoms with E-state index in [4.69, 9.17) is 21.1 Å². The lowest BCUT2D eigenvalue weighted by Gasteiger charge is -2.17. The summed E-state index contributed by atoms with van der Waals surface area (Å²) in [6.07, 6.45) is 2.42. The summed E-state index contributed by atoms with van der Waals surface area (Å²) in [6.45, 7) is 0. The maximum atomic E-state index is 12.3. The molecule has 0 saturated carbocycles. The van der Waals surface area contributed by atoms with Gasteiger partial charge in [0.15, 0.2) is 0 Å². The van der Waals surface area contributed by atoms with Crippen molar-refractivity contribution in [2.24, 2.45) is 0 Å². The topological polar surface area (TPSA) is 64.6 Å². The van der Waals surface area contributed by atoms with Crippen molar-refractivity contribution in [3.05, 3.63) is 28.8 Å². The van der Waals surface area contributed by atoms with Crippen LogP contribution in [0, 0.1) is 0 Å². The number of benzene rings is 1. The lowest BCUT2D eigenvalue weighted by Crippen LogP contribution is -2.42. The maximum absolute atomic E-state index is 12.3. The number of halogens is 1. The van der Waals surface area contributed by atoms with Crippen LogP contribution in [0.1, 0.15) is 16.8 Å². The number of ether oxygens (including phenoxy) is 2. The van der Waals surface area contributed by atoms with Crippen molar-refractivity contribution in [3.63, 3.8) is 0 Å². The number of hydrogen-bond acceptors (Lipinski definition) is 5. The van der Waals surface area contributed by atoms with E-state index in [1.165, 1.54) is 20.3 Å². The molecule has 0 aliphatic carbocycles. The predicted molar refractivity (Wildman–Crippen MR) is 84.3 cm³/mol. The Kier molecular flexibility index (Phi) is 7.39. The van der Waals surface area contributed by atoms with Gasteiger partial charge in [-0.15, -0.1) is 0 Å². The Balaban J connectivity index is 2.90. The predicted octanol–water partition coefficient (Wildman–Crippen LogP) is 2.37.